The van der Waals surface area contributed by atoms with Crippen LogP contribution in [0.3, 0.4) is 0 Å². The van der Waals surface area contributed by atoms with E-state index in [4.69, 9.17) is 0 Å². The molecule has 0 radical (unpaired) electrons. The minimum Gasteiger partial charge on any atom is -0.357 e. The number of rotatable bonds is 7. The van der Waals surface area contributed by atoms with Crippen molar-refractivity contribution in [3.63, 3.8) is 0 Å². The maximum Gasteiger partial charge on any atom is 0.212 e. The van der Waals surface area contributed by atoms with Crippen LogP contribution in [-0.4, -0.2) is 31.8 Å². The van der Waals surface area contributed by atoms with Crippen LogP contribution in [0.5, 0.6) is 0 Å². The average Bonchev–Trinajstić information content (AvgIpc) is 2.59. The lowest BCUT2D eigenvalue weighted by Gasteiger charge is -2.05. The molecule has 0 aliphatic heterocycles. The van der Waals surface area contributed by atoms with Crippen molar-refractivity contribution >= 4 is 10.0 Å². The molecule has 6 heteroatoms. The Kier molecular flexibility index (Phi) is 4.98. The van der Waals surface area contributed by atoms with Crippen molar-refractivity contribution in [1.82, 2.24) is 14.6 Å². The molecule has 0 saturated heterocycles. The van der Waals surface area contributed by atoms with Gasteiger partial charge in [-0.2, -0.15) is 0 Å². The number of nitrogens with one attached hydrogen (secondary N) is 2. The van der Waals surface area contributed by atoms with E-state index < -0.39 is 10.0 Å². The van der Waals surface area contributed by atoms with Gasteiger partial charge < -0.3 is 9.88 Å². The summed E-state index contributed by atoms with van der Waals surface area (Å²) < 4.78 is 27.0. The normalized spacial score (nSPS) is 11.9. The summed E-state index contributed by atoms with van der Waals surface area (Å²) in [4.78, 5) is 0. The first-order valence-electron chi connectivity index (χ1n) is 5.32. The predicted molar refractivity (Wildman–Crippen MR) is 64.6 cm³/mol. The van der Waals surface area contributed by atoms with Crippen LogP contribution in [0, 0.1) is 0 Å². The second kappa shape index (κ2) is 6.03. The molecule has 0 aromatic carbocycles. The second-order valence-electron chi connectivity index (χ2n) is 3.68. The first-order valence-corrected chi connectivity index (χ1v) is 6.97. The molecule has 1 aromatic heterocycles. The Morgan fingerprint density at radius 1 is 1.44 bits per heavy atom. The molecule has 1 aromatic rings. The molecule has 1 rings (SSSR count). The number of aromatic nitrogens is 1. The molecule has 92 valence electrons. The van der Waals surface area contributed by atoms with Gasteiger partial charge in [-0.1, -0.05) is 6.92 Å². The van der Waals surface area contributed by atoms with Crippen LogP contribution >= 0.6 is 0 Å². The standard InChI is InChI=1S/C10H19N3O2S/c1-3-12-16(14,15)7-5-11-8-10-4-6-13(2)9-10/h4,6,9,11-12H,3,5,7-8H2,1-2H3. The molecule has 0 fully saturated rings. The van der Waals surface area contributed by atoms with Gasteiger partial charge in [0, 0.05) is 39.1 Å². The van der Waals surface area contributed by atoms with E-state index in [1.807, 2.05) is 30.1 Å². The fraction of sp³-hybridized carbons (Fsp3) is 0.600. The Hall–Kier alpha value is -0.850. The fourth-order valence-electron chi connectivity index (χ4n) is 1.40. The first-order chi connectivity index (χ1) is 7.53. The van der Waals surface area contributed by atoms with Gasteiger partial charge in [-0.05, 0) is 11.6 Å². The van der Waals surface area contributed by atoms with Crippen LogP contribution in [0.2, 0.25) is 0 Å². The van der Waals surface area contributed by atoms with E-state index in [1.54, 1.807) is 6.92 Å². The second-order valence-corrected chi connectivity index (χ2v) is 5.61. The van der Waals surface area contributed by atoms with Crippen LogP contribution < -0.4 is 10.0 Å². The fourth-order valence-corrected chi connectivity index (χ4v) is 2.39. The van der Waals surface area contributed by atoms with Crippen LogP contribution in [0.25, 0.3) is 0 Å². The Bertz CT molecular complexity index is 411. The van der Waals surface area contributed by atoms with E-state index in [1.165, 1.54) is 0 Å². The zero-order valence-electron chi connectivity index (χ0n) is 9.73. The van der Waals surface area contributed by atoms with E-state index in [0.29, 0.717) is 19.6 Å². The van der Waals surface area contributed by atoms with Gasteiger partial charge in [0.15, 0.2) is 0 Å². The Morgan fingerprint density at radius 3 is 2.75 bits per heavy atom. The highest BCUT2D eigenvalue weighted by Gasteiger charge is 2.06. The maximum absolute atomic E-state index is 11.3. The molecule has 16 heavy (non-hydrogen) atoms. The van der Waals surface area contributed by atoms with Gasteiger partial charge in [0.05, 0.1) is 5.75 Å². The molecule has 2 N–H and O–H groups in total. The summed E-state index contributed by atoms with van der Waals surface area (Å²) in [5.74, 6) is 0.119. The summed E-state index contributed by atoms with van der Waals surface area (Å²) in [5.41, 5.74) is 1.16. The topological polar surface area (TPSA) is 63.1 Å². The Labute approximate surface area is 96.9 Å². The molecule has 0 amide bonds. The number of hydrogen-bond acceptors (Lipinski definition) is 3. The van der Waals surface area contributed by atoms with Crippen molar-refractivity contribution in [3.05, 3.63) is 24.0 Å². The largest absolute Gasteiger partial charge is 0.357 e. The Morgan fingerprint density at radius 2 is 2.19 bits per heavy atom. The SMILES string of the molecule is CCNS(=O)(=O)CCNCc1ccn(C)c1. The van der Waals surface area contributed by atoms with Crippen molar-refractivity contribution in [1.29, 1.82) is 0 Å². The smallest absolute Gasteiger partial charge is 0.212 e. The van der Waals surface area contributed by atoms with E-state index >= 15 is 0 Å². The van der Waals surface area contributed by atoms with Crippen molar-refractivity contribution in [2.24, 2.45) is 7.05 Å². The molecule has 0 saturated carbocycles. The van der Waals surface area contributed by atoms with E-state index in [-0.39, 0.29) is 5.75 Å². The third kappa shape index (κ3) is 4.78. The van der Waals surface area contributed by atoms with E-state index in [9.17, 15) is 8.42 Å². The Balaban J connectivity index is 2.22. The number of aryl methyl sites for hydroxylation is 1. The van der Waals surface area contributed by atoms with Crippen molar-refractivity contribution in [2.45, 2.75) is 13.5 Å². The molecule has 0 aliphatic carbocycles. The lowest BCUT2D eigenvalue weighted by molar-refractivity contribution is 0.578. The van der Waals surface area contributed by atoms with Crippen LogP contribution in [-0.2, 0) is 23.6 Å². The molecule has 5 nitrogen and oxygen atoms in total. The summed E-state index contributed by atoms with van der Waals surface area (Å²) >= 11 is 0. The third-order valence-corrected chi connectivity index (χ3v) is 3.60. The zero-order valence-corrected chi connectivity index (χ0v) is 10.5. The average molecular weight is 245 g/mol. The lowest BCUT2D eigenvalue weighted by Crippen LogP contribution is -2.31. The van der Waals surface area contributed by atoms with Gasteiger partial charge in [-0.15, -0.1) is 0 Å². The van der Waals surface area contributed by atoms with Gasteiger partial charge >= 0.3 is 0 Å². The van der Waals surface area contributed by atoms with Crippen LogP contribution in [0.15, 0.2) is 18.5 Å². The lowest BCUT2D eigenvalue weighted by atomic mass is 10.3. The van der Waals surface area contributed by atoms with Crippen molar-refractivity contribution < 1.29 is 8.42 Å². The summed E-state index contributed by atoms with van der Waals surface area (Å²) in [7, 11) is -1.14. The molecule has 0 bridgehead atoms. The van der Waals surface area contributed by atoms with Gasteiger partial charge in [0.1, 0.15) is 0 Å². The molecule has 0 spiro atoms. The maximum atomic E-state index is 11.3. The predicted octanol–water partition coefficient (Wildman–Crippen LogP) is 0.0540. The summed E-state index contributed by atoms with van der Waals surface area (Å²) in [6, 6.07) is 2.01. The highest BCUT2D eigenvalue weighted by Crippen LogP contribution is 1.98. The summed E-state index contributed by atoms with van der Waals surface area (Å²) in [6.45, 7) is 3.38. The third-order valence-electron chi connectivity index (χ3n) is 2.13. The quantitative estimate of drug-likeness (QED) is 0.667. The number of nitrogens with zero attached hydrogens (tertiary/aromatic N) is 1. The van der Waals surface area contributed by atoms with Gasteiger partial charge in [0.2, 0.25) is 10.0 Å². The monoisotopic (exact) mass is 245 g/mol. The highest BCUT2D eigenvalue weighted by atomic mass is 32.2. The van der Waals surface area contributed by atoms with Crippen molar-refractivity contribution in [3.8, 4) is 0 Å². The summed E-state index contributed by atoms with van der Waals surface area (Å²) in [5, 5.41) is 3.10. The van der Waals surface area contributed by atoms with Gasteiger partial charge in [-0.3, -0.25) is 0 Å². The van der Waals surface area contributed by atoms with Crippen LogP contribution in [0.4, 0.5) is 0 Å². The molecule has 0 unspecified atom stereocenters. The number of hydrogen-bond donors (Lipinski definition) is 2. The van der Waals surface area contributed by atoms with E-state index in [0.717, 1.165) is 5.56 Å². The van der Waals surface area contributed by atoms with E-state index in [2.05, 4.69) is 10.0 Å². The molecular formula is C10H19N3O2S. The molecule has 1 heterocycles. The zero-order chi connectivity index (χ0) is 12.0. The minimum atomic E-state index is -3.10. The minimum absolute atomic E-state index is 0.119. The summed E-state index contributed by atoms with van der Waals surface area (Å²) in [6.07, 6.45) is 3.97. The molecule has 0 atom stereocenters. The number of sulfonamides is 1. The van der Waals surface area contributed by atoms with Crippen LogP contribution in [0.1, 0.15) is 12.5 Å². The van der Waals surface area contributed by atoms with Gasteiger partial charge in [0.25, 0.3) is 0 Å². The highest BCUT2D eigenvalue weighted by molar-refractivity contribution is 7.89. The van der Waals surface area contributed by atoms with Crippen molar-refractivity contribution in [2.75, 3.05) is 18.8 Å². The first kappa shape index (κ1) is 13.2. The van der Waals surface area contributed by atoms with Gasteiger partial charge in [-0.25, -0.2) is 13.1 Å². The molecule has 0 aliphatic rings. The molecular weight excluding hydrogens is 226 g/mol.